The Bertz CT molecular complexity index is 276. The van der Waals surface area contributed by atoms with Crippen molar-refractivity contribution in [2.45, 2.75) is 78.6 Å². The van der Waals surface area contributed by atoms with Gasteiger partial charge >= 0.3 is 11.9 Å². The minimum atomic E-state index is -0.171. The van der Waals surface area contributed by atoms with Gasteiger partial charge in [-0.25, -0.2) is 0 Å². The number of rotatable bonds is 13. The Morgan fingerprint density at radius 3 is 2.00 bits per heavy atom. The van der Waals surface area contributed by atoms with Crippen molar-refractivity contribution >= 4 is 11.9 Å². The van der Waals surface area contributed by atoms with Gasteiger partial charge in [0.25, 0.3) is 0 Å². The number of unbranched alkanes of at least 4 members (excludes halogenated alkanes) is 2. The van der Waals surface area contributed by atoms with Crippen molar-refractivity contribution in [1.29, 1.82) is 0 Å². The Balaban J connectivity index is 3.59. The van der Waals surface area contributed by atoms with Gasteiger partial charge in [-0.05, 0) is 31.6 Å². The Labute approximate surface area is 129 Å². The molecule has 0 saturated carbocycles. The lowest BCUT2D eigenvalue weighted by Gasteiger charge is -2.14. The fourth-order valence-electron chi connectivity index (χ4n) is 2.01. The lowest BCUT2D eigenvalue weighted by atomic mass is 10.0. The summed E-state index contributed by atoms with van der Waals surface area (Å²) in [5.74, 6) is 0.167. The maximum atomic E-state index is 11.6. The molecule has 0 amide bonds. The molecule has 0 aliphatic carbocycles. The summed E-state index contributed by atoms with van der Waals surface area (Å²) >= 11 is 0. The lowest BCUT2D eigenvalue weighted by molar-refractivity contribution is -0.146. The van der Waals surface area contributed by atoms with Gasteiger partial charge in [0.05, 0.1) is 13.2 Å². The molecule has 0 aromatic carbocycles. The topological polar surface area (TPSA) is 52.6 Å². The van der Waals surface area contributed by atoms with Gasteiger partial charge < -0.3 is 9.47 Å². The highest BCUT2D eigenvalue weighted by molar-refractivity contribution is 5.70. The Morgan fingerprint density at radius 1 is 0.857 bits per heavy atom. The van der Waals surface area contributed by atoms with Crippen LogP contribution in [0.3, 0.4) is 0 Å². The zero-order valence-corrected chi connectivity index (χ0v) is 14.0. The molecule has 0 spiro atoms. The van der Waals surface area contributed by atoms with Crippen molar-refractivity contribution in [1.82, 2.24) is 0 Å². The van der Waals surface area contributed by atoms with Crippen molar-refractivity contribution in [3.05, 3.63) is 0 Å². The second-order valence-corrected chi connectivity index (χ2v) is 5.53. The normalized spacial score (nSPS) is 12.0. The van der Waals surface area contributed by atoms with Crippen molar-refractivity contribution in [2.75, 3.05) is 13.2 Å². The molecular formula is C17H32O4. The van der Waals surface area contributed by atoms with Crippen LogP contribution in [0.2, 0.25) is 0 Å². The molecule has 1 atom stereocenters. The first kappa shape index (κ1) is 19.9. The predicted molar refractivity (Wildman–Crippen MR) is 84.0 cm³/mol. The zero-order valence-electron chi connectivity index (χ0n) is 14.0. The number of carbonyl (C=O) groups excluding carboxylic acids is 2. The molecule has 0 bridgehead atoms. The van der Waals surface area contributed by atoms with E-state index < -0.39 is 0 Å². The van der Waals surface area contributed by atoms with Gasteiger partial charge in [-0.2, -0.15) is 0 Å². The highest BCUT2D eigenvalue weighted by Crippen LogP contribution is 2.13. The van der Waals surface area contributed by atoms with Crippen LogP contribution in [0.1, 0.15) is 78.6 Å². The van der Waals surface area contributed by atoms with Gasteiger partial charge in [-0.3, -0.25) is 9.59 Å². The summed E-state index contributed by atoms with van der Waals surface area (Å²) in [4.78, 5) is 22.9. The van der Waals surface area contributed by atoms with Gasteiger partial charge in [-0.15, -0.1) is 0 Å². The molecule has 0 fully saturated rings. The maximum absolute atomic E-state index is 11.6. The molecule has 0 aromatic rings. The fraction of sp³-hybridized carbons (Fsp3) is 0.882. The molecule has 0 aliphatic heterocycles. The van der Waals surface area contributed by atoms with Crippen LogP contribution in [0.5, 0.6) is 0 Å². The average Bonchev–Trinajstić information content (AvgIpc) is 2.49. The molecule has 4 heteroatoms. The van der Waals surface area contributed by atoms with Crippen LogP contribution < -0.4 is 0 Å². The average molecular weight is 300 g/mol. The summed E-state index contributed by atoms with van der Waals surface area (Å²) < 4.78 is 10.3. The van der Waals surface area contributed by atoms with E-state index in [0.717, 1.165) is 19.3 Å². The first-order valence-corrected chi connectivity index (χ1v) is 8.45. The van der Waals surface area contributed by atoms with Crippen molar-refractivity contribution in [3.8, 4) is 0 Å². The molecule has 21 heavy (non-hydrogen) atoms. The minimum Gasteiger partial charge on any atom is -0.466 e. The number of hydrogen-bond acceptors (Lipinski definition) is 4. The molecule has 0 aliphatic rings. The van der Waals surface area contributed by atoms with Gasteiger partial charge in [0.2, 0.25) is 0 Å². The van der Waals surface area contributed by atoms with Crippen LogP contribution in [0.4, 0.5) is 0 Å². The smallest absolute Gasteiger partial charge is 0.305 e. The predicted octanol–water partition coefficient (Wildman–Crippen LogP) is 4.26. The molecular weight excluding hydrogens is 268 g/mol. The SMILES string of the molecule is CCCCC(CC)COC(=O)CCCCC(=O)OCCC. The Morgan fingerprint density at radius 2 is 1.48 bits per heavy atom. The van der Waals surface area contributed by atoms with E-state index >= 15 is 0 Å². The minimum absolute atomic E-state index is 0.146. The summed E-state index contributed by atoms with van der Waals surface area (Å²) in [6.07, 6.45) is 7.55. The van der Waals surface area contributed by atoms with Crippen LogP contribution in [-0.2, 0) is 19.1 Å². The molecule has 4 nitrogen and oxygen atoms in total. The van der Waals surface area contributed by atoms with E-state index in [1.807, 2.05) is 6.92 Å². The molecule has 124 valence electrons. The largest absolute Gasteiger partial charge is 0.466 e. The van der Waals surface area contributed by atoms with E-state index in [4.69, 9.17) is 9.47 Å². The Hall–Kier alpha value is -1.06. The first-order chi connectivity index (χ1) is 10.1. The fourth-order valence-corrected chi connectivity index (χ4v) is 2.01. The monoisotopic (exact) mass is 300 g/mol. The van der Waals surface area contributed by atoms with Gasteiger partial charge in [0.15, 0.2) is 0 Å². The third-order valence-corrected chi connectivity index (χ3v) is 3.50. The summed E-state index contributed by atoms with van der Waals surface area (Å²) in [5, 5.41) is 0. The van der Waals surface area contributed by atoms with Crippen LogP contribution in [0.25, 0.3) is 0 Å². The van der Waals surface area contributed by atoms with E-state index in [1.54, 1.807) is 0 Å². The van der Waals surface area contributed by atoms with E-state index in [-0.39, 0.29) is 11.9 Å². The van der Waals surface area contributed by atoms with Gasteiger partial charge in [-0.1, -0.05) is 40.0 Å². The van der Waals surface area contributed by atoms with E-state index in [9.17, 15) is 9.59 Å². The second kappa shape index (κ2) is 13.9. The number of ether oxygens (including phenoxy) is 2. The van der Waals surface area contributed by atoms with Crippen LogP contribution >= 0.6 is 0 Å². The third-order valence-electron chi connectivity index (χ3n) is 3.50. The molecule has 0 N–H and O–H groups in total. The summed E-state index contributed by atoms with van der Waals surface area (Å²) in [6.45, 7) is 7.29. The third kappa shape index (κ3) is 12.4. The van der Waals surface area contributed by atoms with Crippen molar-refractivity contribution < 1.29 is 19.1 Å². The lowest BCUT2D eigenvalue weighted by Crippen LogP contribution is -2.14. The zero-order chi connectivity index (χ0) is 15.9. The van der Waals surface area contributed by atoms with Gasteiger partial charge in [0, 0.05) is 12.8 Å². The molecule has 0 aromatic heterocycles. The van der Waals surface area contributed by atoms with Crippen LogP contribution in [-0.4, -0.2) is 25.2 Å². The van der Waals surface area contributed by atoms with Crippen molar-refractivity contribution in [2.24, 2.45) is 5.92 Å². The van der Waals surface area contributed by atoms with Gasteiger partial charge in [0.1, 0.15) is 0 Å². The quantitative estimate of drug-likeness (QED) is 0.377. The van der Waals surface area contributed by atoms with E-state index in [1.165, 1.54) is 12.8 Å². The highest BCUT2D eigenvalue weighted by atomic mass is 16.5. The molecule has 0 saturated heterocycles. The van der Waals surface area contributed by atoms with Crippen LogP contribution in [0, 0.1) is 5.92 Å². The van der Waals surface area contributed by atoms with Crippen molar-refractivity contribution in [3.63, 3.8) is 0 Å². The highest BCUT2D eigenvalue weighted by Gasteiger charge is 2.10. The molecule has 0 rings (SSSR count). The standard InChI is InChI=1S/C17H32O4/c1-4-7-10-15(6-3)14-21-17(19)12-9-8-11-16(18)20-13-5-2/h15H,4-14H2,1-3H3. The summed E-state index contributed by atoms with van der Waals surface area (Å²) in [7, 11) is 0. The molecule has 0 radical (unpaired) electrons. The van der Waals surface area contributed by atoms with E-state index in [2.05, 4.69) is 13.8 Å². The number of esters is 2. The van der Waals surface area contributed by atoms with Crippen LogP contribution in [0.15, 0.2) is 0 Å². The molecule has 0 heterocycles. The summed E-state index contributed by atoms with van der Waals surface area (Å²) in [6, 6.07) is 0. The number of carbonyl (C=O) groups is 2. The second-order valence-electron chi connectivity index (χ2n) is 5.53. The molecule has 1 unspecified atom stereocenters. The number of hydrogen-bond donors (Lipinski definition) is 0. The summed E-state index contributed by atoms with van der Waals surface area (Å²) in [5.41, 5.74) is 0. The Kier molecular flexibility index (Phi) is 13.2. The first-order valence-electron chi connectivity index (χ1n) is 8.45. The maximum Gasteiger partial charge on any atom is 0.305 e. The van der Waals surface area contributed by atoms with E-state index in [0.29, 0.717) is 44.8 Å².